The monoisotopic (exact) mass is 331 g/mol. The molecular formula is C16H17N3O5. The SMILES string of the molecule is CC(C)(C)OC(=O)N/N=C/c1ccc(-c2ccc([N+](=O)[O-])cc2)o1. The van der Waals surface area contributed by atoms with Crippen molar-refractivity contribution in [1.29, 1.82) is 0 Å². The lowest BCUT2D eigenvalue weighted by Gasteiger charge is -2.18. The Morgan fingerprint density at radius 2 is 1.92 bits per heavy atom. The Hall–Kier alpha value is -3.16. The van der Waals surface area contributed by atoms with Crippen molar-refractivity contribution >= 4 is 18.0 Å². The first-order valence-electron chi connectivity index (χ1n) is 7.11. The van der Waals surface area contributed by atoms with Crippen molar-refractivity contribution in [3.63, 3.8) is 0 Å². The van der Waals surface area contributed by atoms with E-state index in [1.807, 2.05) is 0 Å². The summed E-state index contributed by atoms with van der Waals surface area (Å²) in [4.78, 5) is 21.6. The van der Waals surface area contributed by atoms with Crippen molar-refractivity contribution in [3.8, 4) is 11.3 Å². The maximum absolute atomic E-state index is 11.4. The van der Waals surface area contributed by atoms with Crippen LogP contribution in [0.2, 0.25) is 0 Å². The van der Waals surface area contributed by atoms with Crippen molar-refractivity contribution < 1.29 is 18.9 Å². The van der Waals surface area contributed by atoms with Gasteiger partial charge in [-0.2, -0.15) is 5.10 Å². The topological polar surface area (TPSA) is 107 Å². The molecule has 1 aromatic carbocycles. The number of hydrogen-bond donors (Lipinski definition) is 1. The molecule has 2 aromatic rings. The third-order valence-corrected chi connectivity index (χ3v) is 2.74. The first-order chi connectivity index (χ1) is 11.2. The van der Waals surface area contributed by atoms with Crippen LogP contribution in [0.4, 0.5) is 10.5 Å². The lowest BCUT2D eigenvalue weighted by Crippen LogP contribution is -2.29. The molecule has 24 heavy (non-hydrogen) atoms. The van der Waals surface area contributed by atoms with Gasteiger partial charge in [-0.05, 0) is 45.0 Å². The van der Waals surface area contributed by atoms with Crippen LogP contribution in [0.15, 0.2) is 45.9 Å². The zero-order chi connectivity index (χ0) is 17.7. The number of carbonyl (C=O) groups excluding carboxylic acids is 1. The summed E-state index contributed by atoms with van der Waals surface area (Å²) in [6.45, 7) is 5.25. The zero-order valence-corrected chi connectivity index (χ0v) is 13.5. The molecule has 0 spiro atoms. The van der Waals surface area contributed by atoms with Crippen LogP contribution < -0.4 is 5.43 Å². The molecule has 0 aliphatic rings. The molecule has 0 aliphatic carbocycles. The van der Waals surface area contributed by atoms with Crippen molar-refractivity contribution in [1.82, 2.24) is 5.43 Å². The van der Waals surface area contributed by atoms with E-state index in [2.05, 4.69) is 10.5 Å². The lowest BCUT2D eigenvalue weighted by atomic mass is 10.1. The van der Waals surface area contributed by atoms with Crippen LogP contribution in [0.3, 0.4) is 0 Å². The highest BCUT2D eigenvalue weighted by atomic mass is 16.6. The first kappa shape index (κ1) is 17.2. The summed E-state index contributed by atoms with van der Waals surface area (Å²) in [7, 11) is 0. The summed E-state index contributed by atoms with van der Waals surface area (Å²) < 4.78 is 10.6. The van der Waals surface area contributed by atoms with E-state index in [4.69, 9.17) is 9.15 Å². The van der Waals surface area contributed by atoms with Gasteiger partial charge < -0.3 is 9.15 Å². The fourth-order valence-electron chi connectivity index (χ4n) is 1.77. The molecule has 1 heterocycles. The summed E-state index contributed by atoms with van der Waals surface area (Å²) >= 11 is 0. The Bertz CT molecular complexity index is 757. The van der Waals surface area contributed by atoms with Crippen LogP contribution in [0.5, 0.6) is 0 Å². The number of benzene rings is 1. The molecule has 126 valence electrons. The predicted molar refractivity (Wildman–Crippen MR) is 87.8 cm³/mol. The molecule has 0 fully saturated rings. The number of amides is 1. The van der Waals surface area contributed by atoms with Gasteiger partial charge in [0.1, 0.15) is 17.1 Å². The van der Waals surface area contributed by atoms with E-state index in [1.165, 1.54) is 18.3 Å². The number of nitro groups is 1. The largest absolute Gasteiger partial charge is 0.455 e. The van der Waals surface area contributed by atoms with E-state index in [0.29, 0.717) is 17.1 Å². The van der Waals surface area contributed by atoms with Crippen LogP contribution in [-0.2, 0) is 4.74 Å². The van der Waals surface area contributed by atoms with Gasteiger partial charge in [-0.1, -0.05) is 0 Å². The second-order valence-corrected chi connectivity index (χ2v) is 5.88. The first-order valence-corrected chi connectivity index (χ1v) is 7.11. The van der Waals surface area contributed by atoms with Crippen LogP contribution in [0, 0.1) is 10.1 Å². The van der Waals surface area contributed by atoms with E-state index in [1.54, 1.807) is 45.0 Å². The summed E-state index contributed by atoms with van der Waals surface area (Å²) in [6.07, 6.45) is 0.666. The number of ether oxygens (including phenoxy) is 1. The molecule has 0 radical (unpaired) electrons. The average molecular weight is 331 g/mol. The van der Waals surface area contributed by atoms with Gasteiger partial charge in [0, 0.05) is 17.7 Å². The third kappa shape index (κ3) is 4.94. The molecule has 1 amide bonds. The normalized spacial score (nSPS) is 11.5. The average Bonchev–Trinajstić information content (AvgIpc) is 2.94. The fraction of sp³-hybridized carbons (Fsp3) is 0.250. The van der Waals surface area contributed by atoms with Crippen LogP contribution in [0.25, 0.3) is 11.3 Å². The molecule has 1 N–H and O–H groups in total. The van der Waals surface area contributed by atoms with Gasteiger partial charge in [0.15, 0.2) is 0 Å². The highest BCUT2D eigenvalue weighted by Gasteiger charge is 2.15. The minimum absolute atomic E-state index is 0.00801. The summed E-state index contributed by atoms with van der Waals surface area (Å²) in [6, 6.07) is 9.35. The highest BCUT2D eigenvalue weighted by Crippen LogP contribution is 2.23. The Balaban J connectivity index is 1.99. The van der Waals surface area contributed by atoms with E-state index in [9.17, 15) is 14.9 Å². The molecule has 2 rings (SSSR count). The molecule has 0 saturated heterocycles. The van der Waals surface area contributed by atoms with E-state index in [-0.39, 0.29) is 5.69 Å². The molecule has 0 aliphatic heterocycles. The minimum Gasteiger partial charge on any atom is -0.455 e. The summed E-state index contributed by atoms with van der Waals surface area (Å²) in [5.41, 5.74) is 2.33. The Kier molecular flexibility index (Phi) is 4.98. The third-order valence-electron chi connectivity index (χ3n) is 2.74. The van der Waals surface area contributed by atoms with E-state index < -0.39 is 16.6 Å². The number of hydrazone groups is 1. The van der Waals surface area contributed by atoms with Gasteiger partial charge in [0.05, 0.1) is 11.1 Å². The predicted octanol–water partition coefficient (Wildman–Crippen LogP) is 3.71. The molecule has 8 heteroatoms. The second kappa shape index (κ2) is 6.95. The quantitative estimate of drug-likeness (QED) is 0.522. The number of nitrogens with one attached hydrogen (secondary N) is 1. The lowest BCUT2D eigenvalue weighted by molar-refractivity contribution is -0.384. The van der Waals surface area contributed by atoms with Crippen molar-refractivity contribution in [2.45, 2.75) is 26.4 Å². The van der Waals surface area contributed by atoms with E-state index in [0.717, 1.165) is 0 Å². The molecule has 0 atom stereocenters. The summed E-state index contributed by atoms with van der Waals surface area (Å²) in [5, 5.41) is 14.4. The van der Waals surface area contributed by atoms with Crippen LogP contribution >= 0.6 is 0 Å². The Morgan fingerprint density at radius 1 is 1.25 bits per heavy atom. The maximum atomic E-state index is 11.4. The van der Waals surface area contributed by atoms with Crippen molar-refractivity contribution in [2.75, 3.05) is 0 Å². The van der Waals surface area contributed by atoms with Gasteiger partial charge in [-0.3, -0.25) is 10.1 Å². The second-order valence-electron chi connectivity index (χ2n) is 5.88. The Morgan fingerprint density at radius 3 is 2.50 bits per heavy atom. The van der Waals surface area contributed by atoms with Gasteiger partial charge in [-0.25, -0.2) is 10.2 Å². The molecule has 0 saturated carbocycles. The minimum atomic E-state index is -0.666. The fourth-order valence-corrected chi connectivity index (χ4v) is 1.77. The molecule has 8 nitrogen and oxygen atoms in total. The Labute approximate surface area is 138 Å². The van der Waals surface area contributed by atoms with Crippen LogP contribution in [0.1, 0.15) is 26.5 Å². The number of rotatable bonds is 4. The molecule has 1 aromatic heterocycles. The number of furan rings is 1. The molecular weight excluding hydrogens is 314 g/mol. The number of nitro benzene ring substituents is 1. The zero-order valence-electron chi connectivity index (χ0n) is 13.5. The van der Waals surface area contributed by atoms with E-state index >= 15 is 0 Å². The number of hydrogen-bond acceptors (Lipinski definition) is 6. The van der Waals surface area contributed by atoms with Gasteiger partial charge in [0.2, 0.25) is 0 Å². The summed E-state index contributed by atoms with van der Waals surface area (Å²) in [5.74, 6) is 0.947. The number of nitrogens with zero attached hydrogens (tertiary/aromatic N) is 2. The van der Waals surface area contributed by atoms with Gasteiger partial charge in [-0.15, -0.1) is 0 Å². The smallest absolute Gasteiger partial charge is 0.428 e. The number of carbonyl (C=O) groups is 1. The standard InChI is InChI=1S/C16H17N3O5/c1-16(2,3)24-15(20)18-17-10-13-8-9-14(23-13)11-4-6-12(7-5-11)19(21)22/h4-10H,1-3H3,(H,18,20)/b17-10+. The molecule has 0 unspecified atom stereocenters. The number of non-ortho nitro benzene ring substituents is 1. The van der Waals surface area contributed by atoms with Crippen LogP contribution in [-0.4, -0.2) is 22.8 Å². The molecule has 0 bridgehead atoms. The maximum Gasteiger partial charge on any atom is 0.428 e. The van der Waals surface area contributed by atoms with Crippen molar-refractivity contribution in [3.05, 3.63) is 52.3 Å². The van der Waals surface area contributed by atoms with Gasteiger partial charge in [0.25, 0.3) is 5.69 Å². The van der Waals surface area contributed by atoms with Gasteiger partial charge >= 0.3 is 6.09 Å². The van der Waals surface area contributed by atoms with Crippen molar-refractivity contribution in [2.24, 2.45) is 5.10 Å². The highest BCUT2D eigenvalue weighted by molar-refractivity contribution is 5.79.